The second kappa shape index (κ2) is 8.76. The number of hydrogen-bond acceptors (Lipinski definition) is 9. The van der Waals surface area contributed by atoms with Crippen molar-refractivity contribution in [3.8, 4) is 17.3 Å². The van der Waals surface area contributed by atoms with Gasteiger partial charge in [0.15, 0.2) is 12.4 Å². The van der Waals surface area contributed by atoms with Crippen LogP contribution in [0.3, 0.4) is 0 Å². The Labute approximate surface area is 183 Å². The number of piperazine rings is 1. The standard InChI is InChI=1S/C18H16F3N7O5/c19-18(20,21)32-12-3-1-2-11(8-12)17(31)27-6-4-26(5-7-27)14-9-13(33-24-14)16-22-25-28(23-16)10-15(29)30/h1-3,8-9H,4-7,10H2,(H,29,30). The molecule has 1 aromatic carbocycles. The number of carboxylic acid groups (broad SMARTS) is 1. The molecule has 0 bridgehead atoms. The van der Waals surface area contributed by atoms with E-state index >= 15 is 0 Å². The number of rotatable bonds is 6. The summed E-state index contributed by atoms with van der Waals surface area (Å²) in [5, 5.41) is 24.0. The maximum absolute atomic E-state index is 12.7. The van der Waals surface area contributed by atoms with Crippen molar-refractivity contribution < 1.29 is 37.1 Å². The molecule has 15 heteroatoms. The van der Waals surface area contributed by atoms with E-state index < -0.39 is 30.5 Å². The van der Waals surface area contributed by atoms with Crippen LogP contribution in [-0.4, -0.2) is 79.8 Å². The summed E-state index contributed by atoms with van der Waals surface area (Å²) in [6.45, 7) is 0.956. The number of aliphatic carboxylic acids is 1. The van der Waals surface area contributed by atoms with Gasteiger partial charge in [0, 0.05) is 37.8 Å². The molecule has 1 aliphatic rings. The molecule has 0 atom stereocenters. The van der Waals surface area contributed by atoms with Crippen molar-refractivity contribution >= 4 is 17.7 Å². The third-order valence-corrected chi connectivity index (χ3v) is 4.65. The molecule has 1 saturated heterocycles. The first-order valence-corrected chi connectivity index (χ1v) is 9.55. The van der Waals surface area contributed by atoms with E-state index in [9.17, 15) is 22.8 Å². The van der Waals surface area contributed by atoms with Crippen LogP contribution in [-0.2, 0) is 11.3 Å². The lowest BCUT2D eigenvalue weighted by Crippen LogP contribution is -2.48. The molecule has 33 heavy (non-hydrogen) atoms. The normalized spacial score (nSPS) is 14.4. The largest absolute Gasteiger partial charge is 0.573 e. The van der Waals surface area contributed by atoms with Gasteiger partial charge in [0.2, 0.25) is 11.6 Å². The lowest BCUT2D eigenvalue weighted by molar-refractivity contribution is -0.274. The number of nitrogens with zero attached hydrogens (tertiary/aromatic N) is 7. The summed E-state index contributed by atoms with van der Waals surface area (Å²) in [7, 11) is 0. The van der Waals surface area contributed by atoms with Crippen LogP contribution in [0.5, 0.6) is 5.75 Å². The van der Waals surface area contributed by atoms with Gasteiger partial charge < -0.3 is 24.2 Å². The zero-order chi connectivity index (χ0) is 23.6. The lowest BCUT2D eigenvalue weighted by atomic mass is 10.1. The van der Waals surface area contributed by atoms with Gasteiger partial charge in [-0.1, -0.05) is 11.2 Å². The molecule has 0 saturated carbocycles. The topological polar surface area (TPSA) is 140 Å². The number of benzene rings is 1. The first-order chi connectivity index (χ1) is 15.7. The molecule has 1 amide bonds. The molecule has 1 N–H and O–H groups in total. The minimum atomic E-state index is -4.84. The minimum Gasteiger partial charge on any atom is -0.480 e. The minimum absolute atomic E-state index is 0.0739. The second-order valence-electron chi connectivity index (χ2n) is 6.94. The van der Waals surface area contributed by atoms with Gasteiger partial charge in [-0.25, -0.2) is 0 Å². The fourth-order valence-corrected chi connectivity index (χ4v) is 3.20. The quantitative estimate of drug-likeness (QED) is 0.564. The molecule has 1 aliphatic heterocycles. The van der Waals surface area contributed by atoms with Gasteiger partial charge in [0.1, 0.15) is 5.75 Å². The smallest absolute Gasteiger partial charge is 0.480 e. The number of carbonyl (C=O) groups excluding carboxylic acids is 1. The number of halogens is 3. The predicted octanol–water partition coefficient (Wildman–Crippen LogP) is 1.27. The van der Waals surface area contributed by atoms with Crippen molar-refractivity contribution in [3.63, 3.8) is 0 Å². The van der Waals surface area contributed by atoms with Crippen LogP contribution in [0.2, 0.25) is 0 Å². The summed E-state index contributed by atoms with van der Waals surface area (Å²) >= 11 is 0. The van der Waals surface area contributed by atoms with Crippen LogP contribution in [0.1, 0.15) is 10.4 Å². The Bertz CT molecular complexity index is 1150. The summed E-state index contributed by atoms with van der Waals surface area (Å²) < 4.78 is 46.4. The van der Waals surface area contributed by atoms with E-state index in [1.54, 1.807) is 6.07 Å². The fourth-order valence-electron chi connectivity index (χ4n) is 3.20. The van der Waals surface area contributed by atoms with Gasteiger partial charge in [-0.3, -0.25) is 9.59 Å². The van der Waals surface area contributed by atoms with E-state index in [1.165, 1.54) is 17.0 Å². The summed E-state index contributed by atoms with van der Waals surface area (Å²) in [4.78, 5) is 27.7. The zero-order valence-electron chi connectivity index (χ0n) is 16.8. The van der Waals surface area contributed by atoms with E-state index in [2.05, 4.69) is 25.3 Å². The number of aromatic nitrogens is 5. The summed E-state index contributed by atoms with van der Waals surface area (Å²) in [5.41, 5.74) is 0.0874. The average Bonchev–Trinajstić information content (AvgIpc) is 3.41. The van der Waals surface area contributed by atoms with E-state index in [0.717, 1.165) is 16.9 Å². The third kappa shape index (κ3) is 5.36. The Balaban J connectivity index is 1.37. The number of alkyl halides is 3. The highest BCUT2D eigenvalue weighted by Gasteiger charge is 2.31. The highest BCUT2D eigenvalue weighted by atomic mass is 19.4. The molecular weight excluding hydrogens is 451 g/mol. The predicted molar refractivity (Wildman–Crippen MR) is 102 cm³/mol. The van der Waals surface area contributed by atoms with Gasteiger partial charge in [-0.05, 0) is 23.4 Å². The Kier molecular flexibility index (Phi) is 5.85. The molecule has 3 aromatic rings. The van der Waals surface area contributed by atoms with Gasteiger partial charge >= 0.3 is 12.3 Å². The maximum Gasteiger partial charge on any atom is 0.573 e. The Morgan fingerprint density at radius 3 is 2.61 bits per heavy atom. The van der Waals surface area contributed by atoms with E-state index in [-0.39, 0.29) is 17.1 Å². The molecule has 4 rings (SSSR count). The second-order valence-corrected chi connectivity index (χ2v) is 6.94. The number of hydrogen-bond donors (Lipinski definition) is 1. The van der Waals surface area contributed by atoms with Crippen molar-refractivity contribution in [2.75, 3.05) is 31.1 Å². The van der Waals surface area contributed by atoms with Crippen molar-refractivity contribution in [2.24, 2.45) is 0 Å². The summed E-state index contributed by atoms with van der Waals surface area (Å²) in [5.74, 6) is -1.26. The van der Waals surface area contributed by atoms with Crippen LogP contribution in [0.25, 0.3) is 11.6 Å². The van der Waals surface area contributed by atoms with E-state index in [4.69, 9.17) is 9.63 Å². The Hall–Kier alpha value is -4.17. The number of ether oxygens (including phenoxy) is 1. The highest BCUT2D eigenvalue weighted by Crippen LogP contribution is 2.25. The zero-order valence-corrected chi connectivity index (χ0v) is 16.8. The summed E-state index contributed by atoms with van der Waals surface area (Å²) in [6, 6.07) is 6.49. The average molecular weight is 467 g/mol. The highest BCUT2D eigenvalue weighted by molar-refractivity contribution is 5.94. The molecule has 0 unspecified atom stereocenters. The van der Waals surface area contributed by atoms with Gasteiger partial charge in [-0.2, -0.15) is 4.80 Å². The van der Waals surface area contributed by atoms with Crippen LogP contribution >= 0.6 is 0 Å². The van der Waals surface area contributed by atoms with Gasteiger partial charge in [-0.15, -0.1) is 23.4 Å². The number of tetrazole rings is 1. The lowest BCUT2D eigenvalue weighted by Gasteiger charge is -2.34. The molecule has 174 valence electrons. The number of anilines is 1. The fraction of sp³-hybridized carbons (Fsp3) is 0.333. The van der Waals surface area contributed by atoms with E-state index in [1.807, 2.05) is 4.90 Å². The van der Waals surface area contributed by atoms with E-state index in [0.29, 0.717) is 32.0 Å². The van der Waals surface area contributed by atoms with Crippen molar-refractivity contribution in [3.05, 3.63) is 35.9 Å². The molecular formula is C18H16F3N7O5. The molecule has 3 heterocycles. The maximum atomic E-state index is 12.7. The number of carboxylic acids is 1. The number of carbonyl (C=O) groups is 2. The van der Waals surface area contributed by atoms with Gasteiger partial charge in [0.05, 0.1) is 0 Å². The molecule has 0 aliphatic carbocycles. The molecule has 12 nitrogen and oxygen atoms in total. The van der Waals surface area contributed by atoms with Gasteiger partial charge in [0.25, 0.3) is 5.91 Å². The van der Waals surface area contributed by atoms with Crippen molar-refractivity contribution in [1.82, 2.24) is 30.3 Å². The molecule has 0 spiro atoms. The van der Waals surface area contributed by atoms with Crippen LogP contribution in [0, 0.1) is 0 Å². The van der Waals surface area contributed by atoms with Crippen LogP contribution in [0.15, 0.2) is 34.9 Å². The number of amides is 1. The SMILES string of the molecule is O=C(O)Cn1nnc(-c2cc(N3CCN(C(=O)c4cccc(OC(F)(F)F)c4)CC3)no2)n1. The first kappa shape index (κ1) is 22.0. The van der Waals surface area contributed by atoms with Crippen molar-refractivity contribution in [1.29, 1.82) is 0 Å². The molecule has 2 aromatic heterocycles. The Morgan fingerprint density at radius 1 is 1.15 bits per heavy atom. The van der Waals surface area contributed by atoms with Crippen LogP contribution < -0.4 is 9.64 Å². The van der Waals surface area contributed by atoms with Crippen LogP contribution in [0.4, 0.5) is 19.0 Å². The molecule has 0 radical (unpaired) electrons. The monoisotopic (exact) mass is 467 g/mol. The van der Waals surface area contributed by atoms with Crippen molar-refractivity contribution in [2.45, 2.75) is 12.9 Å². The first-order valence-electron chi connectivity index (χ1n) is 9.55. The summed E-state index contributed by atoms with van der Waals surface area (Å²) in [6.07, 6.45) is -4.84. The Morgan fingerprint density at radius 2 is 1.91 bits per heavy atom. The third-order valence-electron chi connectivity index (χ3n) is 4.65. The molecule has 1 fully saturated rings.